The molecule has 0 amide bonds. The molecule has 0 aliphatic carbocycles. The van der Waals surface area contributed by atoms with E-state index in [1.807, 2.05) is 38.2 Å². The minimum Gasteiger partial charge on any atom is -0.492 e. The second kappa shape index (κ2) is 7.85. The number of hydrogen-bond donors (Lipinski definition) is 0. The molecule has 0 unspecified atom stereocenters. The molecule has 0 saturated heterocycles. The number of pyridine rings is 1. The van der Waals surface area contributed by atoms with Crippen LogP contribution >= 0.6 is 0 Å². The van der Waals surface area contributed by atoms with Crippen LogP contribution in [0.2, 0.25) is 0 Å². The molecule has 3 heterocycles. The van der Waals surface area contributed by atoms with Gasteiger partial charge in [-0.1, -0.05) is 20.8 Å². The number of fused-ring (bicyclic) bond motifs is 1. The van der Waals surface area contributed by atoms with Gasteiger partial charge in [-0.15, -0.1) is 0 Å². The first-order valence-corrected chi connectivity index (χ1v) is 9.36. The highest BCUT2D eigenvalue weighted by Gasteiger charge is 2.11. The zero-order valence-corrected chi connectivity index (χ0v) is 16.4. The molecule has 3 rings (SSSR count). The molecule has 0 N–H and O–H groups in total. The van der Waals surface area contributed by atoms with Gasteiger partial charge in [0.15, 0.2) is 5.65 Å². The Balaban J connectivity index is 1.73. The van der Waals surface area contributed by atoms with Gasteiger partial charge in [-0.05, 0) is 56.7 Å². The monoisotopic (exact) mass is 352 g/mol. The Kier molecular flexibility index (Phi) is 5.55. The lowest BCUT2D eigenvalue weighted by Crippen LogP contribution is -2.07. The van der Waals surface area contributed by atoms with E-state index in [0.29, 0.717) is 5.92 Å². The van der Waals surface area contributed by atoms with Crippen molar-refractivity contribution in [3.63, 3.8) is 0 Å². The molecule has 26 heavy (non-hydrogen) atoms. The number of imidazole rings is 1. The molecule has 5 heteroatoms. The normalized spacial score (nSPS) is 12.7. The van der Waals surface area contributed by atoms with E-state index in [1.165, 1.54) is 6.42 Å². The molecular weight excluding hydrogens is 324 g/mol. The largest absolute Gasteiger partial charge is 0.492 e. The first kappa shape index (κ1) is 18.4. The Morgan fingerprint density at radius 1 is 1.08 bits per heavy atom. The van der Waals surface area contributed by atoms with Gasteiger partial charge in [-0.25, -0.2) is 14.5 Å². The molecule has 138 valence electrons. The van der Waals surface area contributed by atoms with Crippen molar-refractivity contribution in [2.24, 2.45) is 11.8 Å². The fourth-order valence-corrected chi connectivity index (χ4v) is 3.35. The number of aromatic nitrogens is 4. The van der Waals surface area contributed by atoms with E-state index in [-0.39, 0.29) is 0 Å². The van der Waals surface area contributed by atoms with E-state index >= 15 is 0 Å². The Hall–Kier alpha value is -2.43. The smallest absolute Gasteiger partial charge is 0.163 e. The van der Waals surface area contributed by atoms with Crippen LogP contribution in [0, 0.1) is 25.7 Å². The van der Waals surface area contributed by atoms with E-state index in [9.17, 15) is 0 Å². The van der Waals surface area contributed by atoms with Crippen molar-refractivity contribution in [1.29, 1.82) is 0 Å². The zero-order chi connectivity index (χ0) is 18.7. The molecule has 0 spiro atoms. The maximum Gasteiger partial charge on any atom is 0.163 e. The van der Waals surface area contributed by atoms with Gasteiger partial charge in [-0.3, -0.25) is 0 Å². The summed E-state index contributed by atoms with van der Waals surface area (Å²) in [5.74, 6) is 2.27. The quantitative estimate of drug-likeness (QED) is 0.609. The number of nitrogens with zero attached hydrogens (tertiary/aromatic N) is 4. The number of aryl methyl sites for hydroxylation is 2. The topological polar surface area (TPSA) is 52.3 Å². The summed E-state index contributed by atoms with van der Waals surface area (Å²) in [5.41, 5.74) is 4.54. The standard InChI is InChI=1S/C21H28N4O/c1-14(2)12-15(3)9-11-26-20-7-6-19(24-17(20)5)18-8-10-22-25-13-16(4)23-21(18)25/h6-8,10,13-15H,9,11-12H2,1-5H3/t15-/m0/s1. The predicted molar refractivity (Wildman–Crippen MR) is 104 cm³/mol. The lowest BCUT2D eigenvalue weighted by molar-refractivity contribution is 0.268. The van der Waals surface area contributed by atoms with Gasteiger partial charge in [0.2, 0.25) is 0 Å². The lowest BCUT2D eigenvalue weighted by Gasteiger charge is -2.15. The fourth-order valence-electron chi connectivity index (χ4n) is 3.35. The number of hydrogen-bond acceptors (Lipinski definition) is 4. The summed E-state index contributed by atoms with van der Waals surface area (Å²) in [5, 5.41) is 4.31. The van der Waals surface area contributed by atoms with Gasteiger partial charge >= 0.3 is 0 Å². The van der Waals surface area contributed by atoms with Gasteiger partial charge in [-0.2, -0.15) is 5.10 Å². The van der Waals surface area contributed by atoms with E-state index in [0.717, 1.165) is 53.0 Å². The number of rotatable bonds is 7. The molecule has 5 nitrogen and oxygen atoms in total. The summed E-state index contributed by atoms with van der Waals surface area (Å²) in [7, 11) is 0. The van der Waals surface area contributed by atoms with Crippen LogP contribution in [0.1, 0.15) is 45.0 Å². The van der Waals surface area contributed by atoms with Crippen LogP contribution in [0.15, 0.2) is 30.6 Å². The first-order chi connectivity index (χ1) is 12.4. The molecule has 0 aliphatic heterocycles. The molecule has 0 fully saturated rings. The van der Waals surface area contributed by atoms with Crippen LogP contribution < -0.4 is 4.74 Å². The average Bonchev–Trinajstić information content (AvgIpc) is 2.95. The van der Waals surface area contributed by atoms with Crippen molar-refractivity contribution >= 4 is 5.65 Å². The summed E-state index contributed by atoms with van der Waals surface area (Å²) in [6.07, 6.45) is 6.00. The van der Waals surface area contributed by atoms with E-state index in [2.05, 4.69) is 30.9 Å². The third-order valence-corrected chi connectivity index (χ3v) is 4.54. The summed E-state index contributed by atoms with van der Waals surface area (Å²) in [6.45, 7) is 11.5. The summed E-state index contributed by atoms with van der Waals surface area (Å²) >= 11 is 0. The van der Waals surface area contributed by atoms with Gasteiger partial charge < -0.3 is 4.74 Å². The molecule has 0 aromatic carbocycles. The Morgan fingerprint density at radius 3 is 2.62 bits per heavy atom. The van der Waals surface area contributed by atoms with Crippen molar-refractivity contribution < 1.29 is 4.74 Å². The molecule has 0 saturated carbocycles. The van der Waals surface area contributed by atoms with E-state index in [1.54, 1.807) is 10.7 Å². The third kappa shape index (κ3) is 4.21. The summed E-state index contributed by atoms with van der Waals surface area (Å²) in [4.78, 5) is 9.31. The van der Waals surface area contributed by atoms with Gasteiger partial charge in [0.05, 0.1) is 29.9 Å². The number of ether oxygens (including phenoxy) is 1. The highest BCUT2D eigenvalue weighted by atomic mass is 16.5. The fraction of sp³-hybridized carbons (Fsp3) is 0.476. The van der Waals surface area contributed by atoms with Gasteiger partial charge in [0.25, 0.3) is 0 Å². The summed E-state index contributed by atoms with van der Waals surface area (Å²) in [6, 6.07) is 5.97. The molecular formula is C21H28N4O. The molecule has 0 aliphatic rings. The highest BCUT2D eigenvalue weighted by Crippen LogP contribution is 2.26. The van der Waals surface area contributed by atoms with Crippen molar-refractivity contribution in [2.75, 3.05) is 6.61 Å². The van der Waals surface area contributed by atoms with Gasteiger partial charge in [0, 0.05) is 11.8 Å². The molecule has 0 radical (unpaired) electrons. The minimum atomic E-state index is 0.677. The Morgan fingerprint density at radius 2 is 1.88 bits per heavy atom. The van der Waals surface area contributed by atoms with E-state index < -0.39 is 0 Å². The van der Waals surface area contributed by atoms with Gasteiger partial charge in [0.1, 0.15) is 5.75 Å². The maximum atomic E-state index is 5.98. The van der Waals surface area contributed by atoms with Crippen molar-refractivity contribution in [3.8, 4) is 17.0 Å². The molecule has 0 bridgehead atoms. The highest BCUT2D eigenvalue weighted by molar-refractivity contribution is 5.74. The average molecular weight is 352 g/mol. The van der Waals surface area contributed by atoms with Crippen LogP contribution in [0.5, 0.6) is 5.75 Å². The van der Waals surface area contributed by atoms with Crippen LogP contribution in [0.4, 0.5) is 0 Å². The SMILES string of the molecule is Cc1cn2nccc(-c3ccc(OCC[C@H](C)CC(C)C)c(C)n3)c2n1. The van der Waals surface area contributed by atoms with Crippen molar-refractivity contribution in [2.45, 2.75) is 47.5 Å². The van der Waals surface area contributed by atoms with Crippen LogP contribution in [-0.4, -0.2) is 26.2 Å². The second-order valence-electron chi connectivity index (χ2n) is 7.55. The Labute approximate surface area is 155 Å². The molecule has 3 aromatic rings. The molecule has 3 aromatic heterocycles. The summed E-state index contributed by atoms with van der Waals surface area (Å²) < 4.78 is 7.77. The maximum absolute atomic E-state index is 5.98. The first-order valence-electron chi connectivity index (χ1n) is 9.36. The van der Waals surface area contributed by atoms with E-state index in [4.69, 9.17) is 9.72 Å². The van der Waals surface area contributed by atoms with Crippen LogP contribution in [-0.2, 0) is 0 Å². The lowest BCUT2D eigenvalue weighted by atomic mass is 9.96. The Bertz CT molecular complexity index is 885. The van der Waals surface area contributed by atoms with Crippen LogP contribution in [0.25, 0.3) is 16.9 Å². The third-order valence-electron chi connectivity index (χ3n) is 4.54. The van der Waals surface area contributed by atoms with Crippen LogP contribution in [0.3, 0.4) is 0 Å². The zero-order valence-electron chi connectivity index (χ0n) is 16.4. The second-order valence-corrected chi connectivity index (χ2v) is 7.55. The van der Waals surface area contributed by atoms with Crippen molar-refractivity contribution in [1.82, 2.24) is 19.6 Å². The minimum absolute atomic E-state index is 0.677. The van der Waals surface area contributed by atoms with Crippen molar-refractivity contribution in [3.05, 3.63) is 42.0 Å². The predicted octanol–water partition coefficient (Wildman–Crippen LogP) is 4.86. The molecule has 1 atom stereocenters.